The van der Waals surface area contributed by atoms with Crippen molar-refractivity contribution >= 4 is 9.84 Å². The molecule has 2 rings (SSSR count). The fraction of sp³-hybridized carbons (Fsp3) is 0.250. The Morgan fingerprint density at radius 3 is 2.52 bits per heavy atom. The molecule has 0 N–H and O–H groups in total. The van der Waals surface area contributed by atoms with E-state index < -0.39 is 26.0 Å². The lowest BCUT2D eigenvalue weighted by atomic mass is 10.3. The molecule has 21 heavy (non-hydrogen) atoms. The summed E-state index contributed by atoms with van der Waals surface area (Å²) in [5.41, 5.74) is -4.82. The molecule has 0 fully saturated rings. The summed E-state index contributed by atoms with van der Waals surface area (Å²) in [6.45, 7) is 1.43. The van der Waals surface area contributed by atoms with Crippen LogP contribution in [0.3, 0.4) is 0 Å². The van der Waals surface area contributed by atoms with Crippen LogP contribution in [-0.2, 0) is 16.4 Å². The standard InChI is InChI=1S/C12H10F3NO4S/c1-8-6-9(20-16-8)7-19-10-4-2-3-5-11(10)21(17,18)12(13,14)15/h2-6H,7H2,1H3. The number of hydrogen-bond donors (Lipinski definition) is 0. The molecule has 0 saturated heterocycles. The largest absolute Gasteiger partial charge is 0.502 e. The minimum Gasteiger partial charge on any atom is -0.484 e. The summed E-state index contributed by atoms with van der Waals surface area (Å²) in [6, 6.07) is 6.06. The van der Waals surface area contributed by atoms with Crippen molar-refractivity contribution < 1.29 is 30.8 Å². The molecular weight excluding hydrogens is 311 g/mol. The number of halogens is 3. The predicted octanol–water partition coefficient (Wildman–Crippen LogP) is 2.86. The molecule has 0 unspecified atom stereocenters. The molecule has 1 heterocycles. The van der Waals surface area contributed by atoms with E-state index in [1.165, 1.54) is 18.2 Å². The lowest BCUT2D eigenvalue weighted by molar-refractivity contribution is -0.0437. The molecule has 1 aromatic heterocycles. The van der Waals surface area contributed by atoms with E-state index >= 15 is 0 Å². The van der Waals surface area contributed by atoms with E-state index in [0.29, 0.717) is 5.69 Å². The van der Waals surface area contributed by atoms with Crippen LogP contribution in [0.4, 0.5) is 13.2 Å². The molecule has 0 spiro atoms. The molecule has 9 heteroatoms. The van der Waals surface area contributed by atoms with Crippen molar-refractivity contribution in [2.24, 2.45) is 0 Å². The van der Waals surface area contributed by atoms with E-state index in [9.17, 15) is 21.6 Å². The molecule has 0 bridgehead atoms. The van der Waals surface area contributed by atoms with Crippen molar-refractivity contribution in [2.75, 3.05) is 0 Å². The molecule has 114 valence electrons. The zero-order valence-electron chi connectivity index (χ0n) is 10.7. The van der Waals surface area contributed by atoms with Crippen LogP contribution in [0.2, 0.25) is 0 Å². The second kappa shape index (κ2) is 5.40. The number of hydrogen-bond acceptors (Lipinski definition) is 5. The number of nitrogens with zero attached hydrogens (tertiary/aromatic N) is 1. The van der Waals surface area contributed by atoms with Gasteiger partial charge in [0.25, 0.3) is 9.84 Å². The van der Waals surface area contributed by atoms with Crippen molar-refractivity contribution in [3.05, 3.63) is 41.8 Å². The summed E-state index contributed by atoms with van der Waals surface area (Å²) in [6.07, 6.45) is 0. The van der Waals surface area contributed by atoms with Gasteiger partial charge in [0.15, 0.2) is 5.76 Å². The van der Waals surface area contributed by atoms with Gasteiger partial charge in [0.1, 0.15) is 17.3 Å². The molecular formula is C12H10F3NO4S. The Labute approximate surface area is 118 Å². The topological polar surface area (TPSA) is 69.4 Å². The van der Waals surface area contributed by atoms with Crippen molar-refractivity contribution in [3.8, 4) is 5.75 Å². The van der Waals surface area contributed by atoms with E-state index in [4.69, 9.17) is 9.26 Å². The van der Waals surface area contributed by atoms with Gasteiger partial charge in [-0.2, -0.15) is 13.2 Å². The summed E-state index contributed by atoms with van der Waals surface area (Å²) < 4.78 is 70.6. The average molecular weight is 321 g/mol. The molecule has 5 nitrogen and oxygen atoms in total. The summed E-state index contributed by atoms with van der Waals surface area (Å²) in [7, 11) is -5.48. The van der Waals surface area contributed by atoms with Crippen LogP contribution in [0.5, 0.6) is 5.75 Å². The van der Waals surface area contributed by atoms with E-state index in [2.05, 4.69) is 5.16 Å². The van der Waals surface area contributed by atoms with Crippen LogP contribution in [0, 0.1) is 6.92 Å². The number of sulfone groups is 1. The lowest BCUT2D eigenvalue weighted by Crippen LogP contribution is -2.23. The van der Waals surface area contributed by atoms with Gasteiger partial charge < -0.3 is 9.26 Å². The smallest absolute Gasteiger partial charge is 0.484 e. The van der Waals surface area contributed by atoms with E-state index in [0.717, 1.165) is 12.1 Å². The molecule has 1 aromatic carbocycles. The maximum absolute atomic E-state index is 12.6. The van der Waals surface area contributed by atoms with Gasteiger partial charge in [0, 0.05) is 6.07 Å². The first-order valence-corrected chi connectivity index (χ1v) is 7.15. The number of ether oxygens (including phenoxy) is 1. The van der Waals surface area contributed by atoms with Crippen LogP contribution in [0.1, 0.15) is 11.5 Å². The molecule has 0 atom stereocenters. The van der Waals surface area contributed by atoms with Gasteiger partial charge in [-0.25, -0.2) is 8.42 Å². The fourth-order valence-electron chi connectivity index (χ4n) is 1.55. The van der Waals surface area contributed by atoms with E-state index in [1.54, 1.807) is 6.92 Å². The maximum atomic E-state index is 12.6. The molecule has 2 aromatic rings. The third-order valence-electron chi connectivity index (χ3n) is 2.49. The molecule has 0 aliphatic carbocycles. The Kier molecular flexibility index (Phi) is 3.95. The predicted molar refractivity (Wildman–Crippen MR) is 65.3 cm³/mol. The minimum absolute atomic E-state index is 0.231. The summed E-state index contributed by atoms with van der Waals surface area (Å²) in [5.74, 6) is -0.129. The van der Waals surface area contributed by atoms with Crippen LogP contribution in [0.25, 0.3) is 0 Å². The Balaban J connectivity index is 2.30. The van der Waals surface area contributed by atoms with Crippen LogP contribution < -0.4 is 4.74 Å². The second-order valence-electron chi connectivity index (χ2n) is 4.12. The van der Waals surface area contributed by atoms with Gasteiger partial charge in [0.05, 0.1) is 5.69 Å². The Bertz CT molecular complexity index is 737. The first kappa shape index (κ1) is 15.4. The highest BCUT2D eigenvalue weighted by atomic mass is 32.2. The third-order valence-corrected chi connectivity index (χ3v) is 4.02. The SMILES string of the molecule is Cc1cc(COc2ccccc2S(=O)(=O)C(F)(F)F)on1. The lowest BCUT2D eigenvalue weighted by Gasteiger charge is -2.12. The molecule has 0 amide bonds. The van der Waals surface area contributed by atoms with Crippen LogP contribution in [-0.4, -0.2) is 19.1 Å². The van der Waals surface area contributed by atoms with Gasteiger partial charge in [-0.05, 0) is 19.1 Å². The summed E-state index contributed by atoms with van der Waals surface area (Å²) >= 11 is 0. The van der Waals surface area contributed by atoms with Crippen LogP contribution >= 0.6 is 0 Å². The average Bonchev–Trinajstić information content (AvgIpc) is 2.81. The molecule has 0 radical (unpaired) electrons. The van der Waals surface area contributed by atoms with Crippen LogP contribution in [0.15, 0.2) is 39.8 Å². The number of rotatable bonds is 4. The fourth-order valence-corrected chi connectivity index (χ4v) is 2.45. The first-order valence-electron chi connectivity index (χ1n) is 5.67. The van der Waals surface area contributed by atoms with E-state index in [1.807, 2.05) is 0 Å². The van der Waals surface area contributed by atoms with Crippen molar-refractivity contribution in [1.29, 1.82) is 0 Å². The number of aromatic nitrogens is 1. The quantitative estimate of drug-likeness (QED) is 0.866. The second-order valence-corrected chi connectivity index (χ2v) is 6.03. The molecule has 0 aliphatic heterocycles. The van der Waals surface area contributed by atoms with Gasteiger partial charge in [-0.15, -0.1) is 0 Å². The highest BCUT2D eigenvalue weighted by Crippen LogP contribution is 2.35. The molecule has 0 saturated carbocycles. The summed E-state index contributed by atoms with van der Waals surface area (Å²) in [4.78, 5) is -0.936. The third kappa shape index (κ3) is 3.18. The Hall–Kier alpha value is -2.03. The first-order chi connectivity index (χ1) is 9.72. The van der Waals surface area contributed by atoms with Crippen molar-refractivity contribution in [1.82, 2.24) is 5.16 Å². The van der Waals surface area contributed by atoms with Crippen molar-refractivity contribution in [3.63, 3.8) is 0 Å². The maximum Gasteiger partial charge on any atom is 0.502 e. The Morgan fingerprint density at radius 1 is 1.29 bits per heavy atom. The monoisotopic (exact) mass is 321 g/mol. The molecule has 0 aliphatic rings. The van der Waals surface area contributed by atoms with Gasteiger partial charge in [-0.3, -0.25) is 0 Å². The van der Waals surface area contributed by atoms with Gasteiger partial charge >= 0.3 is 5.51 Å². The highest BCUT2D eigenvalue weighted by molar-refractivity contribution is 7.92. The zero-order valence-corrected chi connectivity index (χ0v) is 11.5. The minimum atomic E-state index is -5.48. The van der Waals surface area contributed by atoms with Crippen molar-refractivity contribution in [2.45, 2.75) is 23.9 Å². The highest BCUT2D eigenvalue weighted by Gasteiger charge is 2.48. The van der Waals surface area contributed by atoms with Gasteiger partial charge in [-0.1, -0.05) is 17.3 Å². The Morgan fingerprint density at radius 2 is 1.95 bits per heavy atom. The van der Waals surface area contributed by atoms with Gasteiger partial charge in [0.2, 0.25) is 0 Å². The normalized spacial score (nSPS) is 12.4. The number of benzene rings is 1. The number of para-hydroxylation sites is 1. The summed E-state index contributed by atoms with van der Waals surface area (Å²) in [5, 5.41) is 3.59. The van der Waals surface area contributed by atoms with E-state index in [-0.39, 0.29) is 12.4 Å². The number of aryl methyl sites for hydroxylation is 1. The number of alkyl halides is 3. The zero-order chi connectivity index (χ0) is 15.7.